The highest BCUT2D eigenvalue weighted by Gasteiger charge is 2.47. The molecule has 31 heavy (non-hydrogen) atoms. The minimum atomic E-state index is -5.07. The number of methoxy groups -OCH3 is 1. The Balaban J connectivity index is 2.08. The Kier molecular flexibility index (Phi) is 6.12. The Labute approximate surface area is 174 Å². The van der Waals surface area contributed by atoms with E-state index < -0.39 is 67.8 Å². The predicted octanol–water partition coefficient (Wildman–Crippen LogP) is 4.30. The van der Waals surface area contributed by atoms with E-state index in [0.717, 1.165) is 24.3 Å². The molecule has 1 aliphatic carbocycles. The maximum atomic E-state index is 13.7. The largest absolute Gasteiger partial charge is 0.481 e. The molecule has 168 valence electrons. The summed E-state index contributed by atoms with van der Waals surface area (Å²) in [5.41, 5.74) is -1.70. The van der Waals surface area contributed by atoms with Crippen LogP contribution in [0.4, 0.5) is 22.0 Å². The third kappa shape index (κ3) is 4.42. The Morgan fingerprint density at radius 3 is 2.16 bits per heavy atom. The van der Waals surface area contributed by atoms with E-state index in [1.165, 1.54) is 7.11 Å². The topological polar surface area (TPSA) is 80.7 Å². The molecule has 0 bridgehead atoms. The lowest BCUT2D eigenvalue weighted by Crippen LogP contribution is -2.24. The Hall–Kier alpha value is -2.53. The number of benzene rings is 2. The summed E-state index contributed by atoms with van der Waals surface area (Å²) in [4.78, 5) is 10.3. The van der Waals surface area contributed by atoms with E-state index in [4.69, 9.17) is 4.74 Å². The number of hydrogen-bond acceptors (Lipinski definition) is 4. The van der Waals surface area contributed by atoms with Crippen LogP contribution in [0.2, 0.25) is 0 Å². The smallest absolute Gasteiger partial charge is 0.417 e. The summed E-state index contributed by atoms with van der Waals surface area (Å²) in [6.45, 7) is 0. The van der Waals surface area contributed by atoms with Crippen LogP contribution in [0, 0.1) is 17.6 Å². The molecule has 0 aliphatic heterocycles. The Morgan fingerprint density at radius 2 is 1.65 bits per heavy atom. The van der Waals surface area contributed by atoms with Crippen molar-refractivity contribution in [3.63, 3.8) is 0 Å². The summed E-state index contributed by atoms with van der Waals surface area (Å²) in [7, 11) is -3.37. The monoisotopic (exact) mass is 464 g/mol. The lowest BCUT2D eigenvalue weighted by atomic mass is 10.0. The van der Waals surface area contributed by atoms with Crippen molar-refractivity contribution in [2.75, 3.05) is 7.11 Å². The van der Waals surface area contributed by atoms with Gasteiger partial charge < -0.3 is 9.84 Å². The number of carbonyl (C=O) groups is 1. The third-order valence-corrected chi connectivity index (χ3v) is 7.60. The molecule has 11 heteroatoms. The van der Waals surface area contributed by atoms with Crippen LogP contribution in [0.25, 0.3) is 11.1 Å². The maximum Gasteiger partial charge on any atom is 0.417 e. The standard InChI is InChI=1S/C20H17F5O5S/c1-30-17-9-12(8-13(17)19(26)27)31(28,29)18-5-3-10(6-14(18)20(23,24)25)11-2-4-15(21)16(22)7-11/h2-7,12-13,17H,8-9H2,1H3,(H,26,27)/t12-,13-,17-/m0/s1. The lowest BCUT2D eigenvalue weighted by molar-refractivity contribution is -0.145. The second-order valence-electron chi connectivity index (χ2n) is 7.19. The van der Waals surface area contributed by atoms with Crippen molar-refractivity contribution >= 4 is 15.8 Å². The van der Waals surface area contributed by atoms with Gasteiger partial charge in [0.2, 0.25) is 0 Å². The molecule has 1 saturated carbocycles. The minimum Gasteiger partial charge on any atom is -0.481 e. The molecule has 0 amide bonds. The normalized spacial score (nSPS) is 21.9. The van der Waals surface area contributed by atoms with Crippen LogP contribution in [-0.2, 0) is 25.5 Å². The summed E-state index contributed by atoms with van der Waals surface area (Å²) >= 11 is 0. The first-order valence-corrected chi connectivity index (χ1v) is 10.6. The van der Waals surface area contributed by atoms with Gasteiger partial charge in [-0.1, -0.05) is 12.1 Å². The van der Waals surface area contributed by atoms with Crippen LogP contribution in [0.5, 0.6) is 0 Å². The number of carboxylic acids is 1. The third-order valence-electron chi connectivity index (χ3n) is 5.36. The van der Waals surface area contributed by atoms with Gasteiger partial charge in [-0.2, -0.15) is 13.2 Å². The fourth-order valence-electron chi connectivity index (χ4n) is 3.76. The summed E-state index contributed by atoms with van der Waals surface area (Å²) in [5, 5.41) is 7.86. The van der Waals surface area contributed by atoms with E-state index in [1.807, 2.05) is 0 Å². The first-order chi connectivity index (χ1) is 14.4. The Bertz CT molecular complexity index is 1110. The van der Waals surface area contributed by atoms with Gasteiger partial charge in [-0.05, 0) is 48.2 Å². The molecule has 0 unspecified atom stereocenters. The van der Waals surface area contributed by atoms with Crippen molar-refractivity contribution in [3.05, 3.63) is 53.6 Å². The molecule has 2 aromatic carbocycles. The molecule has 1 fully saturated rings. The number of alkyl halides is 3. The molecule has 0 spiro atoms. The molecular weight excluding hydrogens is 447 g/mol. The van der Waals surface area contributed by atoms with Gasteiger partial charge in [0.05, 0.1) is 27.7 Å². The van der Waals surface area contributed by atoms with Gasteiger partial charge in [-0.3, -0.25) is 4.79 Å². The summed E-state index contributed by atoms with van der Waals surface area (Å²) in [5.74, 6) is -4.91. The van der Waals surface area contributed by atoms with Gasteiger partial charge >= 0.3 is 12.1 Å². The van der Waals surface area contributed by atoms with Crippen molar-refractivity contribution in [2.24, 2.45) is 5.92 Å². The van der Waals surface area contributed by atoms with Crippen LogP contribution >= 0.6 is 0 Å². The van der Waals surface area contributed by atoms with Crippen LogP contribution in [0.1, 0.15) is 18.4 Å². The molecule has 5 nitrogen and oxygen atoms in total. The predicted molar refractivity (Wildman–Crippen MR) is 98.9 cm³/mol. The van der Waals surface area contributed by atoms with Gasteiger partial charge in [-0.15, -0.1) is 0 Å². The molecule has 0 saturated heterocycles. The van der Waals surface area contributed by atoms with E-state index >= 15 is 0 Å². The lowest BCUT2D eigenvalue weighted by Gasteiger charge is -2.18. The van der Waals surface area contributed by atoms with E-state index in [1.54, 1.807) is 0 Å². The SMILES string of the molecule is CO[C@H]1C[C@@H](S(=O)(=O)c2ccc(-c3ccc(F)c(F)c3)cc2C(F)(F)F)C[C@@H]1C(=O)O. The van der Waals surface area contributed by atoms with Crippen molar-refractivity contribution < 1.29 is 45.0 Å². The van der Waals surface area contributed by atoms with Crippen molar-refractivity contribution in [1.29, 1.82) is 0 Å². The fraction of sp³-hybridized carbons (Fsp3) is 0.350. The number of sulfone groups is 1. The minimum absolute atomic E-state index is 0.0698. The van der Waals surface area contributed by atoms with E-state index in [9.17, 15) is 40.3 Å². The van der Waals surface area contributed by atoms with Crippen LogP contribution in [0.3, 0.4) is 0 Å². The molecule has 1 N–H and O–H groups in total. The zero-order valence-corrected chi connectivity index (χ0v) is 16.8. The van der Waals surface area contributed by atoms with Gasteiger partial charge in [-0.25, -0.2) is 17.2 Å². The number of hydrogen-bond donors (Lipinski definition) is 1. The second kappa shape index (κ2) is 8.19. The van der Waals surface area contributed by atoms with Crippen LogP contribution in [-0.4, -0.2) is 38.0 Å². The Morgan fingerprint density at radius 1 is 1.03 bits per heavy atom. The van der Waals surface area contributed by atoms with Gasteiger partial charge in [0.1, 0.15) is 0 Å². The zero-order chi connectivity index (χ0) is 23.1. The summed E-state index contributed by atoms with van der Waals surface area (Å²) < 4.78 is 98.9. The van der Waals surface area contributed by atoms with Crippen molar-refractivity contribution in [3.8, 4) is 11.1 Å². The van der Waals surface area contributed by atoms with Crippen molar-refractivity contribution in [2.45, 2.75) is 35.3 Å². The second-order valence-corrected chi connectivity index (χ2v) is 9.39. The number of aliphatic carboxylic acids is 1. The molecule has 1 aliphatic rings. The molecule has 3 rings (SSSR count). The summed E-state index contributed by atoms with van der Waals surface area (Å²) in [6.07, 6.45) is -6.67. The van der Waals surface area contributed by atoms with Crippen LogP contribution < -0.4 is 0 Å². The van der Waals surface area contributed by atoms with Gasteiger partial charge in [0, 0.05) is 7.11 Å². The summed E-state index contributed by atoms with van der Waals surface area (Å²) in [6, 6.07) is 4.89. The average Bonchev–Trinajstić information content (AvgIpc) is 3.14. The first kappa shape index (κ1) is 23.1. The molecule has 0 aromatic heterocycles. The quantitative estimate of drug-likeness (QED) is 0.668. The van der Waals surface area contributed by atoms with Gasteiger partial charge in [0.25, 0.3) is 0 Å². The average molecular weight is 464 g/mol. The highest BCUT2D eigenvalue weighted by atomic mass is 32.2. The zero-order valence-electron chi connectivity index (χ0n) is 16.0. The van der Waals surface area contributed by atoms with E-state index in [-0.39, 0.29) is 17.5 Å². The molecule has 0 radical (unpaired) electrons. The number of rotatable bonds is 5. The molecule has 3 atom stereocenters. The van der Waals surface area contributed by atoms with E-state index in [2.05, 4.69) is 0 Å². The maximum absolute atomic E-state index is 13.7. The molecule has 0 heterocycles. The highest BCUT2D eigenvalue weighted by Crippen LogP contribution is 2.42. The van der Waals surface area contributed by atoms with Gasteiger partial charge in [0.15, 0.2) is 21.5 Å². The highest BCUT2D eigenvalue weighted by molar-refractivity contribution is 7.92. The fourth-order valence-corrected chi connectivity index (χ4v) is 5.76. The number of carboxylic acid groups (broad SMARTS) is 1. The molecular formula is C20H17F5O5S. The van der Waals surface area contributed by atoms with Crippen molar-refractivity contribution in [1.82, 2.24) is 0 Å². The molecule has 2 aromatic rings. The van der Waals surface area contributed by atoms with E-state index in [0.29, 0.717) is 12.1 Å². The number of ether oxygens (including phenoxy) is 1. The number of halogens is 5. The first-order valence-electron chi connectivity index (χ1n) is 9.02. The van der Waals surface area contributed by atoms with Crippen LogP contribution in [0.15, 0.2) is 41.3 Å².